The Hall–Kier alpha value is -3.06. The van der Waals surface area contributed by atoms with Crippen molar-refractivity contribution in [2.24, 2.45) is 0 Å². The Kier molecular flexibility index (Phi) is 7.10. The summed E-state index contributed by atoms with van der Waals surface area (Å²) >= 11 is 0. The first-order valence-electron chi connectivity index (χ1n) is 8.89. The molecule has 3 amide bonds. The first-order chi connectivity index (χ1) is 14.1. The number of aliphatic carboxylic acids is 2. The van der Waals surface area contributed by atoms with Crippen molar-refractivity contribution in [1.29, 1.82) is 0 Å². The van der Waals surface area contributed by atoms with Crippen molar-refractivity contribution in [2.75, 3.05) is 0 Å². The van der Waals surface area contributed by atoms with Gasteiger partial charge in [0.05, 0.1) is 0 Å². The lowest BCUT2D eigenvalue weighted by atomic mass is 9.77. The number of rotatable bonds is 6. The lowest BCUT2D eigenvalue weighted by Gasteiger charge is -2.39. The number of nitrogens with one attached hydrogen (secondary N) is 2. The van der Waals surface area contributed by atoms with Crippen LogP contribution in [0.1, 0.15) is 18.9 Å². The minimum Gasteiger partial charge on any atom is -0.480 e. The molecule has 1 aliphatic heterocycles. The minimum absolute atomic E-state index is 0.128. The molecule has 0 aromatic heterocycles. The van der Waals surface area contributed by atoms with E-state index in [1.54, 1.807) is 6.07 Å². The summed E-state index contributed by atoms with van der Waals surface area (Å²) < 4.78 is 4.88. The Morgan fingerprint density at radius 3 is 2.10 bits per heavy atom. The molecule has 1 aromatic carbocycles. The van der Waals surface area contributed by atoms with Gasteiger partial charge in [-0.1, -0.05) is 37.3 Å². The zero-order chi connectivity index (χ0) is 22.6. The van der Waals surface area contributed by atoms with E-state index in [4.69, 9.17) is 9.84 Å². The second-order valence-corrected chi connectivity index (χ2v) is 6.64. The Balaban J connectivity index is 2.19. The van der Waals surface area contributed by atoms with Gasteiger partial charge in [0.2, 0.25) is 5.91 Å². The van der Waals surface area contributed by atoms with Crippen molar-refractivity contribution in [2.45, 2.75) is 49.4 Å². The number of urea groups is 1. The van der Waals surface area contributed by atoms with Crippen LogP contribution in [0, 0.1) is 0 Å². The molecule has 12 heteroatoms. The van der Waals surface area contributed by atoms with E-state index in [9.17, 15) is 39.6 Å². The number of aliphatic hydroxyl groups excluding tert-OH is 3. The fraction of sp³-hybridized carbons (Fsp3) is 0.444. The predicted octanol–water partition coefficient (Wildman–Crippen LogP) is -1.86. The molecule has 6 atom stereocenters. The molecular formula is C18H22N2O10. The minimum atomic E-state index is -2.09. The Labute approximate surface area is 170 Å². The van der Waals surface area contributed by atoms with E-state index in [0.29, 0.717) is 0 Å². The number of hydrogen-bond acceptors (Lipinski definition) is 8. The molecule has 1 aromatic rings. The fourth-order valence-electron chi connectivity index (χ4n) is 3.17. The van der Waals surface area contributed by atoms with Crippen molar-refractivity contribution in [3.05, 3.63) is 35.9 Å². The van der Waals surface area contributed by atoms with E-state index >= 15 is 0 Å². The summed E-state index contributed by atoms with van der Waals surface area (Å²) in [6.07, 6.45) is -9.78. The highest BCUT2D eigenvalue weighted by atomic mass is 16.6. The van der Waals surface area contributed by atoms with Crippen molar-refractivity contribution in [3.63, 3.8) is 0 Å². The lowest BCUT2D eigenvalue weighted by molar-refractivity contribution is -0.231. The number of hydrogen-bond donors (Lipinski definition) is 7. The summed E-state index contributed by atoms with van der Waals surface area (Å²) in [5, 5.41) is 51.8. The van der Waals surface area contributed by atoms with Gasteiger partial charge in [-0.3, -0.25) is 14.9 Å². The number of carboxylic acids is 2. The quantitative estimate of drug-likeness (QED) is 0.253. The Morgan fingerprint density at radius 2 is 1.60 bits per heavy atom. The van der Waals surface area contributed by atoms with Crippen LogP contribution < -0.4 is 10.6 Å². The molecule has 2 unspecified atom stereocenters. The third kappa shape index (κ3) is 4.26. The summed E-state index contributed by atoms with van der Waals surface area (Å²) in [6.45, 7) is 1.45. The smallest absolute Gasteiger partial charge is 0.335 e. The van der Waals surface area contributed by atoms with Crippen LogP contribution >= 0.6 is 0 Å². The number of ether oxygens (including phenoxy) is 1. The van der Waals surface area contributed by atoms with Gasteiger partial charge in [0.1, 0.15) is 18.3 Å². The second-order valence-electron chi connectivity index (χ2n) is 6.64. The Bertz CT molecular complexity index is 816. The van der Waals surface area contributed by atoms with Gasteiger partial charge in [0.25, 0.3) is 0 Å². The van der Waals surface area contributed by atoms with E-state index in [2.05, 4.69) is 0 Å². The molecule has 12 nitrogen and oxygen atoms in total. The second kappa shape index (κ2) is 9.17. The molecule has 0 saturated carbocycles. The zero-order valence-electron chi connectivity index (χ0n) is 15.8. The molecule has 30 heavy (non-hydrogen) atoms. The number of amides is 3. The van der Waals surface area contributed by atoms with E-state index in [1.165, 1.54) is 31.2 Å². The number of imide groups is 1. The molecule has 1 saturated heterocycles. The molecule has 7 N–H and O–H groups in total. The van der Waals surface area contributed by atoms with Crippen LogP contribution in [-0.2, 0) is 24.5 Å². The number of benzene rings is 1. The van der Waals surface area contributed by atoms with Gasteiger partial charge < -0.3 is 35.6 Å². The highest BCUT2D eigenvalue weighted by Crippen LogP contribution is 2.29. The van der Waals surface area contributed by atoms with E-state index in [1.807, 2.05) is 10.6 Å². The molecule has 0 radical (unpaired) electrons. The normalized spacial score (nSPS) is 28.1. The first kappa shape index (κ1) is 23.2. The van der Waals surface area contributed by atoms with Crippen LogP contribution in [-0.4, -0.2) is 80.1 Å². The zero-order valence-corrected chi connectivity index (χ0v) is 15.8. The molecular weight excluding hydrogens is 404 g/mol. The molecule has 2 rings (SSSR count). The van der Waals surface area contributed by atoms with Crippen molar-refractivity contribution < 1.29 is 49.4 Å². The van der Waals surface area contributed by atoms with Crippen LogP contribution in [0.15, 0.2) is 30.3 Å². The van der Waals surface area contributed by atoms with Gasteiger partial charge in [-0.25, -0.2) is 9.59 Å². The maximum Gasteiger partial charge on any atom is 0.335 e. The van der Waals surface area contributed by atoms with Crippen molar-refractivity contribution in [3.8, 4) is 0 Å². The van der Waals surface area contributed by atoms with E-state index in [0.717, 1.165) is 0 Å². The molecule has 0 aliphatic carbocycles. The van der Waals surface area contributed by atoms with Gasteiger partial charge >= 0.3 is 18.0 Å². The SMILES string of the molecule is CCC(C(=O)O)(C(=O)NC(=O)NC1O[C@H](C(=O)O)[C@@H](O)[C@H](O)[C@H]1O)c1ccccc1. The van der Waals surface area contributed by atoms with Gasteiger partial charge in [-0.05, 0) is 12.0 Å². The van der Waals surface area contributed by atoms with Crippen molar-refractivity contribution in [1.82, 2.24) is 10.6 Å². The molecule has 164 valence electrons. The van der Waals surface area contributed by atoms with Gasteiger partial charge in [-0.15, -0.1) is 0 Å². The van der Waals surface area contributed by atoms with Crippen LogP contribution in [0.2, 0.25) is 0 Å². The fourth-order valence-corrected chi connectivity index (χ4v) is 3.17. The molecule has 1 aliphatic rings. The maximum absolute atomic E-state index is 12.7. The third-order valence-corrected chi connectivity index (χ3v) is 4.91. The molecule has 1 fully saturated rings. The first-order valence-corrected chi connectivity index (χ1v) is 8.89. The summed E-state index contributed by atoms with van der Waals surface area (Å²) in [4.78, 5) is 48.0. The summed E-state index contributed by atoms with van der Waals surface area (Å²) in [7, 11) is 0. The van der Waals surface area contributed by atoms with Crippen molar-refractivity contribution >= 4 is 23.9 Å². The van der Waals surface area contributed by atoms with Gasteiger partial charge in [0, 0.05) is 0 Å². The molecule has 0 bridgehead atoms. The highest BCUT2D eigenvalue weighted by molar-refractivity contribution is 6.12. The number of aliphatic hydroxyl groups is 3. The van der Waals surface area contributed by atoms with E-state index < -0.39 is 59.9 Å². The third-order valence-electron chi connectivity index (χ3n) is 4.91. The largest absolute Gasteiger partial charge is 0.480 e. The average Bonchev–Trinajstić information content (AvgIpc) is 2.69. The van der Waals surface area contributed by atoms with Crippen LogP contribution in [0.5, 0.6) is 0 Å². The maximum atomic E-state index is 12.7. The van der Waals surface area contributed by atoms with Crippen LogP contribution in [0.25, 0.3) is 0 Å². The number of carbonyl (C=O) groups excluding carboxylic acids is 2. The molecule has 1 heterocycles. The lowest BCUT2D eigenvalue weighted by Crippen LogP contribution is -2.65. The van der Waals surface area contributed by atoms with Gasteiger partial charge in [0.15, 0.2) is 17.7 Å². The monoisotopic (exact) mass is 426 g/mol. The average molecular weight is 426 g/mol. The van der Waals surface area contributed by atoms with E-state index in [-0.39, 0.29) is 12.0 Å². The highest BCUT2D eigenvalue weighted by Gasteiger charge is 2.49. The topological polar surface area (TPSA) is 203 Å². The standard InChI is InChI=1S/C18H22N2O10/c1-2-18(16(27)28,8-6-4-3-5-7-8)15(26)20-17(29)19-13-11(23)9(21)10(22)12(30-13)14(24)25/h3-7,9-13,21-23H,2H2,1H3,(H,24,25)(H,27,28)(H2,19,20,26,29)/t9-,10-,11+,12-,13?,18?/m0/s1. The Morgan fingerprint density at radius 1 is 1.00 bits per heavy atom. The number of carboxylic acid groups (broad SMARTS) is 2. The summed E-state index contributed by atoms with van der Waals surface area (Å²) in [6, 6.07) is 6.21. The predicted molar refractivity (Wildman–Crippen MR) is 97.0 cm³/mol. The molecule has 0 spiro atoms. The summed E-state index contributed by atoms with van der Waals surface area (Å²) in [5.41, 5.74) is -1.96. The van der Waals surface area contributed by atoms with Gasteiger partial charge in [-0.2, -0.15) is 0 Å². The van der Waals surface area contributed by atoms with Crippen LogP contribution in [0.3, 0.4) is 0 Å². The van der Waals surface area contributed by atoms with Crippen LogP contribution in [0.4, 0.5) is 4.79 Å². The summed E-state index contributed by atoms with van der Waals surface area (Å²) in [5.74, 6) is -4.33. The number of carbonyl (C=O) groups is 4.